The number of ether oxygens (including phenoxy) is 2. The summed E-state index contributed by atoms with van der Waals surface area (Å²) in [5.41, 5.74) is 3.28. The Labute approximate surface area is 343 Å². The Morgan fingerprint density at radius 2 is 1.32 bits per heavy atom. The highest BCUT2D eigenvalue weighted by molar-refractivity contribution is 7.17. The molecule has 0 unspecified atom stereocenters. The molecule has 2 aromatic carbocycles. The van der Waals surface area contributed by atoms with Crippen molar-refractivity contribution in [1.29, 1.82) is 0 Å². The Morgan fingerprint density at radius 3 is 1.98 bits per heavy atom. The van der Waals surface area contributed by atoms with Gasteiger partial charge in [0.25, 0.3) is 0 Å². The third-order valence-electron chi connectivity index (χ3n) is 11.9. The first-order chi connectivity index (χ1) is 27.6. The van der Waals surface area contributed by atoms with E-state index in [2.05, 4.69) is 52.4 Å². The minimum absolute atomic E-state index is 0.00181. The van der Waals surface area contributed by atoms with Crippen molar-refractivity contribution in [3.8, 4) is 5.75 Å². The van der Waals surface area contributed by atoms with Gasteiger partial charge in [-0.2, -0.15) is 0 Å². The average Bonchev–Trinajstić information content (AvgIpc) is 3.71. The Kier molecular flexibility index (Phi) is 20.4. The van der Waals surface area contributed by atoms with Gasteiger partial charge in [-0.1, -0.05) is 135 Å². The van der Waals surface area contributed by atoms with Crippen LogP contribution in [0.5, 0.6) is 5.75 Å². The number of benzene rings is 2. The van der Waals surface area contributed by atoms with Crippen LogP contribution in [-0.2, 0) is 20.7 Å². The van der Waals surface area contributed by atoms with Gasteiger partial charge in [-0.3, -0.25) is 19.4 Å². The van der Waals surface area contributed by atoms with E-state index in [-0.39, 0.29) is 18.6 Å². The Balaban J connectivity index is 0.863. The number of aryl methyl sites for hydroxylation is 1. The number of fused-ring (bicyclic) bond motifs is 2. The van der Waals surface area contributed by atoms with Crippen LogP contribution < -0.4 is 14.5 Å². The van der Waals surface area contributed by atoms with Crippen LogP contribution in [0, 0.1) is 0 Å². The average molecular weight is 788 g/mol. The molecule has 7 nitrogen and oxygen atoms in total. The fourth-order valence-electron chi connectivity index (χ4n) is 8.40. The smallest absolute Gasteiger partial charge is 0.307 e. The SMILES string of the molecule is CCCCCCCCCCCCCCCCCCCCCC(=O)OCN1C(=O)CCc2ccc(OCCCCN3CCN(c4cccc5sccc45)CC3)cc21. The molecule has 310 valence electrons. The summed E-state index contributed by atoms with van der Waals surface area (Å²) in [6.45, 7) is 8.27. The molecule has 0 N–H and O–H groups in total. The number of hydrogen-bond acceptors (Lipinski definition) is 7. The molecular weight excluding hydrogens is 715 g/mol. The van der Waals surface area contributed by atoms with E-state index in [9.17, 15) is 9.59 Å². The van der Waals surface area contributed by atoms with Gasteiger partial charge in [0, 0.05) is 60.9 Å². The highest BCUT2D eigenvalue weighted by atomic mass is 32.1. The van der Waals surface area contributed by atoms with Crippen molar-refractivity contribution in [3.63, 3.8) is 0 Å². The summed E-state index contributed by atoms with van der Waals surface area (Å²) in [6, 6.07) is 14.9. The first kappa shape index (κ1) is 44.0. The summed E-state index contributed by atoms with van der Waals surface area (Å²) in [7, 11) is 0. The third kappa shape index (κ3) is 15.3. The lowest BCUT2D eigenvalue weighted by Gasteiger charge is -2.36. The van der Waals surface area contributed by atoms with Gasteiger partial charge >= 0.3 is 5.97 Å². The molecule has 0 atom stereocenters. The Morgan fingerprint density at radius 1 is 0.679 bits per heavy atom. The number of anilines is 2. The van der Waals surface area contributed by atoms with Crippen LogP contribution in [-0.4, -0.2) is 62.8 Å². The zero-order chi connectivity index (χ0) is 39.0. The maximum Gasteiger partial charge on any atom is 0.307 e. The molecule has 0 spiro atoms. The van der Waals surface area contributed by atoms with Crippen LogP contribution in [0.3, 0.4) is 0 Å². The van der Waals surface area contributed by atoms with Crippen molar-refractivity contribution in [3.05, 3.63) is 53.4 Å². The first-order valence-corrected chi connectivity index (χ1v) is 23.7. The summed E-state index contributed by atoms with van der Waals surface area (Å²) in [6.07, 6.45) is 28.9. The Hall–Kier alpha value is -3.10. The zero-order valence-electron chi connectivity index (χ0n) is 34.9. The number of rotatable bonds is 29. The first-order valence-electron chi connectivity index (χ1n) is 22.8. The van der Waals surface area contributed by atoms with Gasteiger partial charge in [0.05, 0.1) is 12.3 Å². The van der Waals surface area contributed by atoms with E-state index in [4.69, 9.17) is 9.47 Å². The lowest BCUT2D eigenvalue weighted by atomic mass is 10.0. The molecule has 0 radical (unpaired) electrons. The van der Waals surface area contributed by atoms with Gasteiger partial charge in [0.1, 0.15) is 5.75 Å². The van der Waals surface area contributed by atoms with Gasteiger partial charge in [0.2, 0.25) is 5.91 Å². The molecule has 3 aromatic rings. The topological polar surface area (TPSA) is 62.3 Å². The molecule has 1 amide bonds. The molecule has 0 bridgehead atoms. The molecule has 2 aliphatic rings. The number of hydrogen-bond donors (Lipinski definition) is 0. The highest BCUT2D eigenvalue weighted by Crippen LogP contribution is 2.33. The van der Waals surface area contributed by atoms with Crippen LogP contribution in [0.4, 0.5) is 11.4 Å². The van der Waals surface area contributed by atoms with Crippen molar-refractivity contribution in [1.82, 2.24) is 4.90 Å². The van der Waals surface area contributed by atoms with Crippen molar-refractivity contribution in [2.45, 2.75) is 161 Å². The molecule has 2 aliphatic heterocycles. The maximum absolute atomic E-state index is 12.9. The number of unbranched alkanes of at least 4 members (excludes halogenated alkanes) is 19. The standard InChI is InChI=1S/C48H73N3O4S/c1-2-3-4-5-6-7-8-9-10-11-12-13-14-15-16-17-18-19-20-26-48(53)55-40-51-45-39-42(29-27-41(45)28-30-47(51)52)54-37-22-21-32-49-33-35-50(36-34-49)44-24-23-25-46-43(44)31-38-56-46/h23-25,27,29,31,38-39H,2-22,26,28,30,32-37,40H2,1H3. The van der Waals surface area contributed by atoms with Gasteiger partial charge in [-0.25, -0.2) is 0 Å². The van der Waals surface area contributed by atoms with Crippen molar-refractivity contribution in [2.75, 3.05) is 55.9 Å². The molecule has 5 rings (SSSR count). The Bertz CT molecular complexity index is 1550. The normalized spacial score (nSPS) is 14.8. The predicted molar refractivity (Wildman–Crippen MR) is 236 cm³/mol. The summed E-state index contributed by atoms with van der Waals surface area (Å²) >= 11 is 1.81. The summed E-state index contributed by atoms with van der Waals surface area (Å²) < 4.78 is 13.1. The molecule has 0 aliphatic carbocycles. The number of amides is 1. The summed E-state index contributed by atoms with van der Waals surface area (Å²) in [5, 5.41) is 3.56. The lowest BCUT2D eigenvalue weighted by molar-refractivity contribution is -0.144. The quantitative estimate of drug-likeness (QED) is 0.0516. The van der Waals surface area contributed by atoms with E-state index in [1.165, 1.54) is 125 Å². The molecule has 8 heteroatoms. The van der Waals surface area contributed by atoms with E-state index < -0.39 is 0 Å². The number of nitrogens with zero attached hydrogens (tertiary/aromatic N) is 3. The van der Waals surface area contributed by atoms with Crippen molar-refractivity contribution >= 4 is 44.7 Å². The number of piperazine rings is 1. The van der Waals surface area contributed by atoms with E-state index in [1.807, 2.05) is 23.5 Å². The fourth-order valence-corrected chi connectivity index (χ4v) is 9.21. The van der Waals surface area contributed by atoms with E-state index in [0.29, 0.717) is 25.9 Å². The molecule has 0 saturated carbocycles. The fraction of sp³-hybridized carbons (Fsp3) is 0.667. The second-order valence-corrected chi connectivity index (χ2v) is 17.3. The largest absolute Gasteiger partial charge is 0.494 e. The molecule has 56 heavy (non-hydrogen) atoms. The van der Waals surface area contributed by atoms with Crippen molar-refractivity contribution < 1.29 is 19.1 Å². The molecule has 1 aromatic heterocycles. The molecule has 1 saturated heterocycles. The van der Waals surface area contributed by atoms with Gasteiger partial charge < -0.3 is 14.4 Å². The van der Waals surface area contributed by atoms with E-state index in [0.717, 1.165) is 75.4 Å². The minimum Gasteiger partial charge on any atom is -0.494 e. The van der Waals surface area contributed by atoms with E-state index >= 15 is 0 Å². The number of carbonyl (C=O) groups is 2. The van der Waals surface area contributed by atoms with Gasteiger partial charge in [-0.05, 0) is 67.4 Å². The van der Waals surface area contributed by atoms with Gasteiger partial charge in [-0.15, -0.1) is 11.3 Å². The predicted octanol–water partition coefficient (Wildman–Crippen LogP) is 12.5. The number of carbonyl (C=O) groups excluding carboxylic acids is 2. The number of thiophene rings is 1. The zero-order valence-corrected chi connectivity index (χ0v) is 35.7. The minimum atomic E-state index is -0.217. The monoisotopic (exact) mass is 788 g/mol. The van der Waals surface area contributed by atoms with Crippen molar-refractivity contribution in [2.24, 2.45) is 0 Å². The second-order valence-electron chi connectivity index (χ2n) is 16.4. The summed E-state index contributed by atoms with van der Waals surface area (Å²) in [4.78, 5) is 32.2. The van der Waals surface area contributed by atoms with Crippen LogP contribution in [0.15, 0.2) is 47.8 Å². The maximum atomic E-state index is 12.9. The van der Waals surface area contributed by atoms with Crippen LogP contribution in [0.2, 0.25) is 0 Å². The lowest BCUT2D eigenvalue weighted by Crippen LogP contribution is -2.46. The second kappa shape index (κ2) is 26.0. The number of esters is 1. The summed E-state index contributed by atoms with van der Waals surface area (Å²) in [5.74, 6) is 0.545. The van der Waals surface area contributed by atoms with Crippen LogP contribution in [0.1, 0.15) is 160 Å². The highest BCUT2D eigenvalue weighted by Gasteiger charge is 2.26. The van der Waals surface area contributed by atoms with E-state index in [1.54, 1.807) is 4.90 Å². The molecule has 1 fully saturated rings. The van der Waals surface area contributed by atoms with Gasteiger partial charge in [0.15, 0.2) is 6.73 Å². The molecular formula is C48H73N3O4S. The van der Waals surface area contributed by atoms with Crippen LogP contribution >= 0.6 is 11.3 Å². The third-order valence-corrected chi connectivity index (χ3v) is 12.8. The molecule has 3 heterocycles. The van der Waals surface area contributed by atoms with Crippen LogP contribution in [0.25, 0.3) is 10.1 Å².